The summed E-state index contributed by atoms with van der Waals surface area (Å²) in [6.45, 7) is 6.87. The predicted octanol–water partition coefficient (Wildman–Crippen LogP) is 3.24. The molecule has 0 aromatic heterocycles. The molecule has 18 heavy (non-hydrogen) atoms. The van der Waals surface area contributed by atoms with Gasteiger partial charge in [-0.1, -0.05) is 46.5 Å². The summed E-state index contributed by atoms with van der Waals surface area (Å²) in [6, 6.07) is 0.287. The molecule has 0 saturated heterocycles. The fourth-order valence-electron chi connectivity index (χ4n) is 3.58. The number of nitrogens with two attached hydrogens (primary N) is 1. The van der Waals surface area contributed by atoms with Crippen LogP contribution < -0.4 is 11.3 Å². The Morgan fingerprint density at radius 2 is 2.06 bits per heavy atom. The molecule has 1 aliphatic rings. The van der Waals surface area contributed by atoms with E-state index in [1.807, 2.05) is 7.11 Å². The average molecular weight is 256 g/mol. The van der Waals surface area contributed by atoms with E-state index in [0.717, 1.165) is 31.1 Å². The summed E-state index contributed by atoms with van der Waals surface area (Å²) >= 11 is 0. The van der Waals surface area contributed by atoms with Gasteiger partial charge in [-0.15, -0.1) is 0 Å². The lowest BCUT2D eigenvalue weighted by Crippen LogP contribution is -2.57. The molecule has 1 rings (SSSR count). The molecule has 3 heteroatoms. The lowest BCUT2D eigenvalue weighted by Gasteiger charge is -2.45. The lowest BCUT2D eigenvalue weighted by atomic mass is 9.72. The molecule has 0 amide bonds. The van der Waals surface area contributed by atoms with Crippen molar-refractivity contribution in [1.82, 2.24) is 5.43 Å². The van der Waals surface area contributed by atoms with Crippen molar-refractivity contribution in [1.29, 1.82) is 0 Å². The van der Waals surface area contributed by atoms with Crippen LogP contribution in [0.2, 0.25) is 0 Å². The van der Waals surface area contributed by atoms with Gasteiger partial charge in [0.25, 0.3) is 0 Å². The first kappa shape index (κ1) is 15.9. The van der Waals surface area contributed by atoms with Crippen molar-refractivity contribution in [3.8, 4) is 0 Å². The maximum Gasteiger partial charge on any atom is 0.0847 e. The van der Waals surface area contributed by atoms with Gasteiger partial charge in [-0.3, -0.25) is 11.3 Å². The SMILES string of the molecule is CCC(CC)CC(NN)C1(OC)CCCC(C)C1. The second-order valence-electron chi connectivity index (χ2n) is 6.11. The normalized spacial score (nSPS) is 30.7. The van der Waals surface area contributed by atoms with E-state index in [1.165, 1.54) is 25.7 Å². The van der Waals surface area contributed by atoms with Crippen molar-refractivity contribution >= 4 is 0 Å². The minimum atomic E-state index is -0.0466. The van der Waals surface area contributed by atoms with Crippen LogP contribution in [0.4, 0.5) is 0 Å². The Bertz CT molecular complexity index is 231. The van der Waals surface area contributed by atoms with Gasteiger partial charge < -0.3 is 4.74 Å². The fraction of sp³-hybridized carbons (Fsp3) is 1.00. The molecule has 3 atom stereocenters. The first-order valence-electron chi connectivity index (χ1n) is 7.63. The van der Waals surface area contributed by atoms with Crippen molar-refractivity contribution in [2.24, 2.45) is 17.7 Å². The topological polar surface area (TPSA) is 47.3 Å². The Morgan fingerprint density at radius 3 is 2.50 bits per heavy atom. The summed E-state index contributed by atoms with van der Waals surface area (Å²) < 4.78 is 5.95. The molecule has 0 aromatic rings. The highest BCUT2D eigenvalue weighted by Gasteiger charge is 2.42. The van der Waals surface area contributed by atoms with Gasteiger partial charge in [0.1, 0.15) is 0 Å². The molecule has 3 nitrogen and oxygen atoms in total. The number of methoxy groups -OCH3 is 1. The predicted molar refractivity (Wildman–Crippen MR) is 77.2 cm³/mol. The molecular weight excluding hydrogens is 224 g/mol. The van der Waals surface area contributed by atoms with E-state index in [4.69, 9.17) is 10.6 Å². The largest absolute Gasteiger partial charge is 0.377 e. The maximum atomic E-state index is 5.95. The van der Waals surface area contributed by atoms with Gasteiger partial charge in [-0.05, 0) is 31.1 Å². The molecule has 3 N–H and O–H groups in total. The van der Waals surface area contributed by atoms with Gasteiger partial charge in [0, 0.05) is 7.11 Å². The van der Waals surface area contributed by atoms with Crippen LogP contribution in [-0.4, -0.2) is 18.8 Å². The van der Waals surface area contributed by atoms with E-state index in [2.05, 4.69) is 26.2 Å². The van der Waals surface area contributed by atoms with Crippen LogP contribution in [0.1, 0.15) is 65.7 Å². The Morgan fingerprint density at radius 1 is 1.39 bits per heavy atom. The monoisotopic (exact) mass is 256 g/mol. The highest BCUT2D eigenvalue weighted by atomic mass is 16.5. The Kier molecular flexibility index (Phi) is 6.61. The zero-order valence-electron chi connectivity index (χ0n) is 12.7. The van der Waals surface area contributed by atoms with Crippen molar-refractivity contribution in [2.75, 3.05) is 7.11 Å². The van der Waals surface area contributed by atoms with Gasteiger partial charge in [0.15, 0.2) is 0 Å². The summed E-state index contributed by atoms with van der Waals surface area (Å²) in [5.41, 5.74) is 3.01. The second kappa shape index (κ2) is 7.46. The molecule has 0 heterocycles. The van der Waals surface area contributed by atoms with Crippen LogP contribution in [0.3, 0.4) is 0 Å². The summed E-state index contributed by atoms with van der Waals surface area (Å²) in [5, 5.41) is 0. The van der Waals surface area contributed by atoms with Crippen molar-refractivity contribution in [3.05, 3.63) is 0 Å². The first-order valence-corrected chi connectivity index (χ1v) is 7.63. The van der Waals surface area contributed by atoms with E-state index in [9.17, 15) is 0 Å². The standard InChI is InChI=1S/C15H32N2O/c1-5-13(6-2)10-14(17-16)15(18-4)9-7-8-12(3)11-15/h12-14,17H,5-11,16H2,1-4H3. The Balaban J connectivity index is 2.75. The maximum absolute atomic E-state index is 5.95. The Hall–Kier alpha value is -0.120. The van der Waals surface area contributed by atoms with Crippen molar-refractivity contribution in [3.63, 3.8) is 0 Å². The summed E-state index contributed by atoms with van der Waals surface area (Å²) in [7, 11) is 1.86. The third-order valence-corrected chi connectivity index (χ3v) is 4.96. The number of ether oxygens (including phenoxy) is 1. The number of hydrogen-bond acceptors (Lipinski definition) is 3. The number of nitrogens with one attached hydrogen (secondary N) is 1. The highest BCUT2D eigenvalue weighted by Crippen LogP contribution is 2.39. The molecule has 0 radical (unpaired) electrons. The number of hydrazine groups is 1. The van der Waals surface area contributed by atoms with E-state index < -0.39 is 0 Å². The molecule has 3 unspecified atom stereocenters. The molecule has 0 aliphatic heterocycles. The van der Waals surface area contributed by atoms with Crippen LogP contribution in [0, 0.1) is 11.8 Å². The van der Waals surface area contributed by atoms with Gasteiger partial charge >= 0.3 is 0 Å². The fourth-order valence-corrected chi connectivity index (χ4v) is 3.58. The van der Waals surface area contributed by atoms with Crippen molar-refractivity contribution < 1.29 is 4.74 Å². The lowest BCUT2D eigenvalue weighted by molar-refractivity contribution is -0.0842. The molecular formula is C15H32N2O. The van der Waals surface area contributed by atoms with Crippen LogP contribution >= 0.6 is 0 Å². The van der Waals surface area contributed by atoms with Gasteiger partial charge in [0.05, 0.1) is 11.6 Å². The minimum absolute atomic E-state index is 0.0466. The molecule has 1 saturated carbocycles. The van der Waals surface area contributed by atoms with Crippen molar-refractivity contribution in [2.45, 2.75) is 77.4 Å². The molecule has 1 aliphatic carbocycles. The molecule has 1 fully saturated rings. The summed E-state index contributed by atoms with van der Waals surface area (Å²) in [6.07, 6.45) is 8.45. The van der Waals surface area contributed by atoms with E-state index in [0.29, 0.717) is 0 Å². The van der Waals surface area contributed by atoms with Crippen LogP contribution in [0.15, 0.2) is 0 Å². The highest BCUT2D eigenvalue weighted by molar-refractivity contribution is 4.96. The zero-order valence-corrected chi connectivity index (χ0v) is 12.7. The number of hydrogen-bond donors (Lipinski definition) is 2. The van der Waals surface area contributed by atoms with E-state index in [1.54, 1.807) is 0 Å². The smallest absolute Gasteiger partial charge is 0.0847 e. The minimum Gasteiger partial charge on any atom is -0.377 e. The second-order valence-corrected chi connectivity index (χ2v) is 6.11. The van der Waals surface area contributed by atoms with Gasteiger partial charge in [0.2, 0.25) is 0 Å². The summed E-state index contributed by atoms with van der Waals surface area (Å²) in [5.74, 6) is 7.33. The molecule has 108 valence electrons. The van der Waals surface area contributed by atoms with Crippen LogP contribution in [0.5, 0.6) is 0 Å². The first-order chi connectivity index (χ1) is 8.61. The molecule has 0 spiro atoms. The Labute approximate surface area is 113 Å². The zero-order chi connectivity index (χ0) is 13.6. The molecule has 0 aromatic carbocycles. The van der Waals surface area contributed by atoms with Gasteiger partial charge in [-0.2, -0.15) is 0 Å². The van der Waals surface area contributed by atoms with E-state index in [-0.39, 0.29) is 11.6 Å². The van der Waals surface area contributed by atoms with E-state index >= 15 is 0 Å². The summed E-state index contributed by atoms with van der Waals surface area (Å²) in [4.78, 5) is 0. The van der Waals surface area contributed by atoms with Crippen LogP contribution in [0.25, 0.3) is 0 Å². The van der Waals surface area contributed by atoms with Gasteiger partial charge in [-0.25, -0.2) is 0 Å². The number of rotatable bonds is 7. The third kappa shape index (κ3) is 3.69. The van der Waals surface area contributed by atoms with Crippen LogP contribution in [-0.2, 0) is 4.74 Å². The quantitative estimate of drug-likeness (QED) is 0.543. The molecule has 0 bridgehead atoms. The average Bonchev–Trinajstić information content (AvgIpc) is 2.40. The third-order valence-electron chi connectivity index (χ3n) is 4.96.